The molecule has 0 bridgehead atoms. The standard InChI is InChI=1S/C18H24O2/c1-13-5-4-8-16(11-13)18(17(19)20)10-9-14-6-2-3-7-15(14)12-18/h2-3,6-7,13,16H,4-5,8-12H2,1H3,(H,19,20). The molecule has 2 aliphatic carbocycles. The Morgan fingerprint density at radius 1 is 1.25 bits per heavy atom. The van der Waals surface area contributed by atoms with Crippen molar-refractivity contribution >= 4 is 5.97 Å². The summed E-state index contributed by atoms with van der Waals surface area (Å²) in [6, 6.07) is 8.39. The minimum Gasteiger partial charge on any atom is -0.481 e. The maximum Gasteiger partial charge on any atom is 0.310 e. The fourth-order valence-corrected chi connectivity index (χ4v) is 4.40. The number of aryl methyl sites for hydroxylation is 1. The molecule has 3 unspecified atom stereocenters. The van der Waals surface area contributed by atoms with E-state index >= 15 is 0 Å². The van der Waals surface area contributed by atoms with E-state index in [9.17, 15) is 9.90 Å². The first-order chi connectivity index (χ1) is 9.62. The van der Waals surface area contributed by atoms with Crippen LogP contribution < -0.4 is 0 Å². The van der Waals surface area contributed by atoms with E-state index in [4.69, 9.17) is 0 Å². The van der Waals surface area contributed by atoms with Crippen LogP contribution in [0.3, 0.4) is 0 Å². The second kappa shape index (κ2) is 5.23. The summed E-state index contributed by atoms with van der Waals surface area (Å²) < 4.78 is 0. The van der Waals surface area contributed by atoms with Gasteiger partial charge in [0.05, 0.1) is 5.41 Å². The van der Waals surface area contributed by atoms with Crippen LogP contribution in [0.5, 0.6) is 0 Å². The third kappa shape index (κ3) is 2.25. The number of aliphatic carboxylic acids is 1. The lowest BCUT2D eigenvalue weighted by atomic mass is 9.59. The van der Waals surface area contributed by atoms with Crippen LogP contribution in [0.2, 0.25) is 0 Å². The Kier molecular flexibility index (Phi) is 3.57. The molecule has 3 rings (SSSR count). The minimum atomic E-state index is -0.564. The molecule has 0 heterocycles. The van der Waals surface area contributed by atoms with E-state index in [1.54, 1.807) is 0 Å². The van der Waals surface area contributed by atoms with Crippen molar-refractivity contribution < 1.29 is 9.90 Å². The van der Waals surface area contributed by atoms with E-state index < -0.39 is 11.4 Å². The maximum atomic E-state index is 12.1. The predicted octanol–water partition coefficient (Wildman–Crippen LogP) is 4.07. The average molecular weight is 272 g/mol. The van der Waals surface area contributed by atoms with Gasteiger partial charge in [0.2, 0.25) is 0 Å². The number of hydrogen-bond donors (Lipinski definition) is 1. The molecule has 0 aromatic heterocycles. The van der Waals surface area contributed by atoms with Gasteiger partial charge < -0.3 is 5.11 Å². The van der Waals surface area contributed by atoms with Gasteiger partial charge in [-0.2, -0.15) is 0 Å². The highest BCUT2D eigenvalue weighted by molar-refractivity contribution is 5.76. The molecule has 108 valence electrons. The highest BCUT2D eigenvalue weighted by atomic mass is 16.4. The monoisotopic (exact) mass is 272 g/mol. The highest BCUT2D eigenvalue weighted by Crippen LogP contribution is 2.48. The zero-order valence-electron chi connectivity index (χ0n) is 12.3. The van der Waals surface area contributed by atoms with Gasteiger partial charge in [0.25, 0.3) is 0 Å². The fraction of sp³-hybridized carbons (Fsp3) is 0.611. The van der Waals surface area contributed by atoms with Gasteiger partial charge in [0.1, 0.15) is 0 Å². The molecule has 1 aromatic carbocycles. The lowest BCUT2D eigenvalue weighted by Crippen LogP contribution is -2.45. The molecule has 0 radical (unpaired) electrons. The smallest absolute Gasteiger partial charge is 0.310 e. The molecule has 3 atom stereocenters. The Hall–Kier alpha value is -1.31. The molecule has 0 amide bonds. The van der Waals surface area contributed by atoms with Crippen molar-refractivity contribution in [3.8, 4) is 0 Å². The number of rotatable bonds is 2. The van der Waals surface area contributed by atoms with Crippen molar-refractivity contribution in [3.63, 3.8) is 0 Å². The summed E-state index contributed by atoms with van der Waals surface area (Å²) in [5.74, 6) is 0.477. The van der Waals surface area contributed by atoms with Gasteiger partial charge in [-0.05, 0) is 55.1 Å². The van der Waals surface area contributed by atoms with Gasteiger partial charge in [-0.1, -0.05) is 44.0 Å². The largest absolute Gasteiger partial charge is 0.481 e. The molecule has 20 heavy (non-hydrogen) atoms. The van der Waals surface area contributed by atoms with E-state index in [2.05, 4.69) is 25.1 Å². The SMILES string of the molecule is CC1CCCC(C2(C(=O)O)CCc3ccccc3C2)C1. The van der Waals surface area contributed by atoms with Crippen LogP contribution in [0.1, 0.15) is 50.2 Å². The summed E-state index contributed by atoms with van der Waals surface area (Å²) in [5, 5.41) is 9.95. The van der Waals surface area contributed by atoms with Gasteiger partial charge in [-0.15, -0.1) is 0 Å². The molecule has 2 heteroatoms. The average Bonchev–Trinajstić information content (AvgIpc) is 2.46. The van der Waals surface area contributed by atoms with Crippen LogP contribution in [-0.2, 0) is 17.6 Å². The number of carboxylic acids is 1. The lowest BCUT2D eigenvalue weighted by molar-refractivity contribution is -0.155. The van der Waals surface area contributed by atoms with Crippen molar-refractivity contribution in [2.45, 2.75) is 51.9 Å². The molecule has 0 saturated heterocycles. The number of carbonyl (C=O) groups is 1. The summed E-state index contributed by atoms with van der Waals surface area (Å²) in [5.41, 5.74) is 2.11. The molecule has 2 aliphatic rings. The number of carboxylic acid groups (broad SMARTS) is 1. The molecular formula is C18H24O2. The van der Waals surface area contributed by atoms with E-state index in [1.807, 2.05) is 6.07 Å². The van der Waals surface area contributed by atoms with Gasteiger partial charge in [0, 0.05) is 0 Å². The van der Waals surface area contributed by atoms with Crippen molar-refractivity contribution in [1.29, 1.82) is 0 Å². The zero-order valence-corrected chi connectivity index (χ0v) is 12.3. The lowest BCUT2D eigenvalue weighted by Gasteiger charge is -2.44. The highest BCUT2D eigenvalue weighted by Gasteiger charge is 2.48. The number of fused-ring (bicyclic) bond motifs is 1. The van der Waals surface area contributed by atoms with Gasteiger partial charge in [-0.3, -0.25) is 4.79 Å². The third-order valence-electron chi connectivity index (χ3n) is 5.61. The van der Waals surface area contributed by atoms with E-state index in [1.165, 1.54) is 24.0 Å². The van der Waals surface area contributed by atoms with Gasteiger partial charge >= 0.3 is 5.97 Å². The van der Waals surface area contributed by atoms with Crippen LogP contribution in [0, 0.1) is 17.3 Å². The molecule has 0 spiro atoms. The van der Waals surface area contributed by atoms with Crippen molar-refractivity contribution in [2.75, 3.05) is 0 Å². The zero-order chi connectivity index (χ0) is 14.2. The summed E-state index contributed by atoms with van der Waals surface area (Å²) in [4.78, 5) is 12.1. The first-order valence-corrected chi connectivity index (χ1v) is 7.92. The maximum absolute atomic E-state index is 12.1. The summed E-state index contributed by atoms with van der Waals surface area (Å²) in [7, 11) is 0. The molecule has 1 N–H and O–H groups in total. The second-order valence-corrected chi connectivity index (χ2v) is 6.88. The molecular weight excluding hydrogens is 248 g/mol. The van der Waals surface area contributed by atoms with Crippen LogP contribution >= 0.6 is 0 Å². The normalized spacial score (nSPS) is 33.5. The molecule has 0 aliphatic heterocycles. The molecule has 1 saturated carbocycles. The van der Waals surface area contributed by atoms with E-state index in [-0.39, 0.29) is 0 Å². The topological polar surface area (TPSA) is 37.3 Å². The Labute approximate surface area is 121 Å². The van der Waals surface area contributed by atoms with E-state index in [0.29, 0.717) is 11.8 Å². The van der Waals surface area contributed by atoms with Crippen molar-refractivity contribution in [2.24, 2.45) is 17.3 Å². The van der Waals surface area contributed by atoms with Crippen LogP contribution in [0.25, 0.3) is 0 Å². The molecule has 1 aromatic rings. The Morgan fingerprint density at radius 3 is 2.70 bits per heavy atom. The Balaban J connectivity index is 1.92. The van der Waals surface area contributed by atoms with Crippen molar-refractivity contribution in [3.05, 3.63) is 35.4 Å². The number of hydrogen-bond acceptors (Lipinski definition) is 1. The van der Waals surface area contributed by atoms with Crippen LogP contribution in [-0.4, -0.2) is 11.1 Å². The first-order valence-electron chi connectivity index (χ1n) is 7.92. The predicted molar refractivity (Wildman–Crippen MR) is 79.7 cm³/mol. The third-order valence-corrected chi connectivity index (χ3v) is 5.61. The van der Waals surface area contributed by atoms with E-state index in [0.717, 1.165) is 32.1 Å². The second-order valence-electron chi connectivity index (χ2n) is 6.88. The molecule has 1 fully saturated rings. The Morgan fingerprint density at radius 2 is 2.00 bits per heavy atom. The first kappa shape index (κ1) is 13.7. The van der Waals surface area contributed by atoms with Crippen LogP contribution in [0.15, 0.2) is 24.3 Å². The summed E-state index contributed by atoms with van der Waals surface area (Å²) in [6.45, 7) is 2.28. The summed E-state index contributed by atoms with van der Waals surface area (Å²) >= 11 is 0. The quantitative estimate of drug-likeness (QED) is 0.881. The van der Waals surface area contributed by atoms with Gasteiger partial charge in [-0.25, -0.2) is 0 Å². The fourth-order valence-electron chi connectivity index (χ4n) is 4.40. The van der Waals surface area contributed by atoms with Gasteiger partial charge in [0.15, 0.2) is 0 Å². The van der Waals surface area contributed by atoms with Crippen molar-refractivity contribution in [1.82, 2.24) is 0 Å². The van der Waals surface area contributed by atoms with Crippen LogP contribution in [0.4, 0.5) is 0 Å². The minimum absolute atomic E-state index is 0.358. The number of benzene rings is 1. The Bertz CT molecular complexity index is 508. The molecule has 2 nitrogen and oxygen atoms in total. The summed E-state index contributed by atoms with van der Waals surface area (Å²) in [6.07, 6.45) is 7.12.